The van der Waals surface area contributed by atoms with E-state index in [0.717, 1.165) is 5.56 Å². The lowest BCUT2D eigenvalue weighted by molar-refractivity contribution is -0.111. The molecular weight excluding hydrogens is 238 g/mol. The predicted octanol–water partition coefficient (Wildman–Crippen LogP) is 2.71. The molecule has 0 aliphatic carbocycles. The molecule has 0 radical (unpaired) electrons. The van der Waals surface area contributed by atoms with Crippen molar-refractivity contribution in [2.45, 2.75) is 0 Å². The maximum absolute atomic E-state index is 11.5. The summed E-state index contributed by atoms with van der Waals surface area (Å²) >= 11 is 5.95. The van der Waals surface area contributed by atoms with Crippen LogP contribution in [0.15, 0.2) is 42.7 Å². The number of carbonyl (C=O) groups excluding carboxylic acids is 1. The fourth-order valence-corrected chi connectivity index (χ4v) is 1.47. The summed E-state index contributed by atoms with van der Waals surface area (Å²) in [5.41, 5.74) is 0.795. The predicted molar refractivity (Wildman–Crippen MR) is 67.7 cm³/mol. The van der Waals surface area contributed by atoms with Crippen LogP contribution in [0.5, 0.6) is 0 Å². The molecule has 4 nitrogen and oxygen atoms in total. The van der Waals surface area contributed by atoms with E-state index in [2.05, 4.69) is 15.3 Å². The van der Waals surface area contributed by atoms with Crippen molar-refractivity contribution in [3.63, 3.8) is 0 Å². The van der Waals surface area contributed by atoms with Crippen LogP contribution in [0.25, 0.3) is 6.08 Å². The first kappa shape index (κ1) is 11.4. The first-order valence-corrected chi connectivity index (χ1v) is 5.36. The monoisotopic (exact) mass is 247 g/mol. The van der Waals surface area contributed by atoms with E-state index in [1.54, 1.807) is 24.5 Å². The molecule has 1 amide bonds. The zero-order valence-corrected chi connectivity index (χ0v) is 9.61. The second kappa shape index (κ2) is 5.32. The van der Waals surface area contributed by atoms with Crippen LogP contribution in [0.4, 0.5) is 5.95 Å². The maximum Gasteiger partial charge on any atom is 0.250 e. The summed E-state index contributed by atoms with van der Waals surface area (Å²) in [5.74, 6) is 0.152. The molecule has 17 heavy (non-hydrogen) atoms. The van der Waals surface area contributed by atoms with Crippen molar-refractivity contribution in [3.8, 4) is 0 Å². The summed E-state index contributed by atoms with van der Waals surface area (Å²) < 4.78 is 0. The molecule has 1 heterocycles. The van der Waals surface area contributed by atoms with E-state index in [0.29, 0.717) is 11.0 Å². The smallest absolute Gasteiger partial charge is 0.250 e. The summed E-state index contributed by atoms with van der Waals surface area (Å²) in [7, 11) is 0. The zero-order valence-electron chi connectivity index (χ0n) is 8.85. The molecule has 2 N–H and O–H groups in total. The number of hydrogen-bond donors (Lipinski definition) is 2. The van der Waals surface area contributed by atoms with Gasteiger partial charge in [-0.2, -0.15) is 0 Å². The van der Waals surface area contributed by atoms with Crippen LogP contribution in [-0.4, -0.2) is 15.9 Å². The van der Waals surface area contributed by atoms with Gasteiger partial charge in [0.25, 0.3) is 5.91 Å². The number of H-pyrrole nitrogens is 1. The fraction of sp³-hybridized carbons (Fsp3) is 0. The Morgan fingerprint density at radius 1 is 1.41 bits per heavy atom. The second-order valence-electron chi connectivity index (χ2n) is 3.28. The third kappa shape index (κ3) is 3.19. The molecule has 2 aromatic rings. The SMILES string of the molecule is O=C(C=Cc1ccccc1Cl)Nc1ncc[nH]1. The molecule has 2 rings (SSSR count). The highest BCUT2D eigenvalue weighted by Gasteiger charge is 1.99. The minimum absolute atomic E-state index is 0.264. The van der Waals surface area contributed by atoms with Gasteiger partial charge in [0.2, 0.25) is 5.95 Å². The summed E-state index contributed by atoms with van der Waals surface area (Å²) in [5, 5.41) is 3.18. The lowest BCUT2D eigenvalue weighted by Crippen LogP contribution is -2.08. The van der Waals surface area contributed by atoms with Gasteiger partial charge in [-0.05, 0) is 17.7 Å². The van der Waals surface area contributed by atoms with Gasteiger partial charge in [0, 0.05) is 23.5 Å². The molecule has 0 atom stereocenters. The second-order valence-corrected chi connectivity index (χ2v) is 3.69. The van der Waals surface area contributed by atoms with Crippen molar-refractivity contribution in [3.05, 3.63) is 53.3 Å². The van der Waals surface area contributed by atoms with Gasteiger partial charge < -0.3 is 4.98 Å². The molecule has 0 fully saturated rings. The van der Waals surface area contributed by atoms with E-state index in [1.165, 1.54) is 6.08 Å². The van der Waals surface area contributed by atoms with E-state index in [-0.39, 0.29) is 5.91 Å². The molecule has 0 saturated carbocycles. The molecular formula is C12H10ClN3O. The average Bonchev–Trinajstić information content (AvgIpc) is 2.81. The van der Waals surface area contributed by atoms with Gasteiger partial charge in [0.15, 0.2) is 0 Å². The van der Waals surface area contributed by atoms with Gasteiger partial charge >= 0.3 is 0 Å². The Morgan fingerprint density at radius 3 is 2.94 bits per heavy atom. The van der Waals surface area contributed by atoms with Crippen molar-refractivity contribution in [1.29, 1.82) is 0 Å². The Bertz CT molecular complexity index is 534. The van der Waals surface area contributed by atoms with Gasteiger partial charge in [-0.3, -0.25) is 10.1 Å². The Kier molecular flexibility index (Phi) is 3.57. The molecule has 5 heteroatoms. The Hall–Kier alpha value is -2.07. The number of nitrogens with zero attached hydrogens (tertiary/aromatic N) is 1. The molecule has 0 saturated heterocycles. The largest absolute Gasteiger partial charge is 0.331 e. The van der Waals surface area contributed by atoms with Crippen molar-refractivity contribution >= 4 is 29.5 Å². The van der Waals surface area contributed by atoms with Gasteiger partial charge in [0.05, 0.1) is 0 Å². The zero-order chi connectivity index (χ0) is 12.1. The number of aromatic nitrogens is 2. The number of carbonyl (C=O) groups is 1. The van der Waals surface area contributed by atoms with E-state index < -0.39 is 0 Å². The van der Waals surface area contributed by atoms with Gasteiger partial charge in [0.1, 0.15) is 0 Å². The number of nitrogens with one attached hydrogen (secondary N) is 2. The standard InChI is InChI=1S/C12H10ClN3O/c13-10-4-2-1-3-9(10)5-6-11(17)16-12-14-7-8-15-12/h1-8H,(H2,14,15,16,17). The number of anilines is 1. The van der Waals surface area contributed by atoms with Crippen molar-refractivity contribution in [1.82, 2.24) is 9.97 Å². The molecule has 0 spiro atoms. The molecule has 86 valence electrons. The molecule has 0 aliphatic rings. The minimum atomic E-state index is -0.264. The lowest BCUT2D eigenvalue weighted by Gasteiger charge is -1.97. The van der Waals surface area contributed by atoms with Gasteiger partial charge in [-0.25, -0.2) is 4.98 Å². The number of hydrogen-bond acceptors (Lipinski definition) is 2. The number of benzene rings is 1. The maximum atomic E-state index is 11.5. The quantitative estimate of drug-likeness (QED) is 0.820. The normalized spacial score (nSPS) is 10.6. The highest BCUT2D eigenvalue weighted by molar-refractivity contribution is 6.32. The van der Waals surface area contributed by atoms with E-state index in [9.17, 15) is 4.79 Å². The highest BCUT2D eigenvalue weighted by atomic mass is 35.5. The number of rotatable bonds is 3. The summed E-state index contributed by atoms with van der Waals surface area (Å²) in [6, 6.07) is 7.29. The van der Waals surface area contributed by atoms with Crippen LogP contribution in [0.2, 0.25) is 5.02 Å². The van der Waals surface area contributed by atoms with Crippen molar-refractivity contribution < 1.29 is 4.79 Å². The minimum Gasteiger partial charge on any atom is -0.331 e. The van der Waals surface area contributed by atoms with E-state index in [4.69, 9.17) is 11.6 Å². The summed E-state index contributed by atoms with van der Waals surface area (Å²) in [6.07, 6.45) is 6.26. The number of amides is 1. The first-order valence-electron chi connectivity index (χ1n) is 4.98. The molecule has 0 unspecified atom stereocenters. The fourth-order valence-electron chi connectivity index (χ4n) is 1.27. The highest BCUT2D eigenvalue weighted by Crippen LogP contribution is 2.16. The summed E-state index contributed by atoms with van der Waals surface area (Å²) in [4.78, 5) is 18.1. The number of aromatic amines is 1. The third-order valence-electron chi connectivity index (χ3n) is 2.06. The van der Waals surface area contributed by atoms with Crippen LogP contribution in [-0.2, 0) is 4.79 Å². The van der Waals surface area contributed by atoms with Crippen LogP contribution in [0, 0.1) is 0 Å². The first-order chi connectivity index (χ1) is 8.25. The van der Waals surface area contributed by atoms with E-state index >= 15 is 0 Å². The molecule has 1 aromatic carbocycles. The molecule has 0 aliphatic heterocycles. The Balaban J connectivity index is 2.01. The topological polar surface area (TPSA) is 57.8 Å². The Morgan fingerprint density at radius 2 is 2.24 bits per heavy atom. The molecule has 0 bridgehead atoms. The molecule has 1 aromatic heterocycles. The van der Waals surface area contributed by atoms with Gasteiger partial charge in [-0.1, -0.05) is 29.8 Å². The number of halogens is 1. The van der Waals surface area contributed by atoms with Crippen molar-refractivity contribution in [2.75, 3.05) is 5.32 Å². The van der Waals surface area contributed by atoms with Crippen LogP contribution in [0.1, 0.15) is 5.56 Å². The number of imidazole rings is 1. The average molecular weight is 248 g/mol. The van der Waals surface area contributed by atoms with Crippen LogP contribution in [0.3, 0.4) is 0 Å². The Labute approximate surface area is 103 Å². The lowest BCUT2D eigenvalue weighted by atomic mass is 10.2. The van der Waals surface area contributed by atoms with Crippen LogP contribution >= 0.6 is 11.6 Å². The van der Waals surface area contributed by atoms with Crippen molar-refractivity contribution in [2.24, 2.45) is 0 Å². The summed E-state index contributed by atoms with van der Waals surface area (Å²) in [6.45, 7) is 0. The van der Waals surface area contributed by atoms with E-state index in [1.807, 2.05) is 18.2 Å². The third-order valence-corrected chi connectivity index (χ3v) is 2.40. The van der Waals surface area contributed by atoms with Crippen LogP contribution < -0.4 is 5.32 Å². The van der Waals surface area contributed by atoms with Gasteiger partial charge in [-0.15, -0.1) is 0 Å².